The zero-order valence-electron chi connectivity index (χ0n) is 20.6. The molecule has 0 amide bonds. The fourth-order valence-corrected chi connectivity index (χ4v) is 11.2. The Bertz CT molecular complexity index is 1520. The van der Waals surface area contributed by atoms with Gasteiger partial charge in [0.05, 0.1) is 0 Å². The average Bonchev–Trinajstić information content (AvgIpc) is 3.37. The molecule has 6 heterocycles. The summed E-state index contributed by atoms with van der Waals surface area (Å²) in [5.41, 5.74) is 17.6. The molecule has 0 aromatic carbocycles. The van der Waals surface area contributed by atoms with Crippen molar-refractivity contribution in [3.05, 3.63) is 78.0 Å². The molecule has 4 nitrogen and oxygen atoms in total. The van der Waals surface area contributed by atoms with E-state index in [1.165, 1.54) is 66.6 Å². The molecular formula is C28H28N4Pb. The van der Waals surface area contributed by atoms with E-state index in [9.17, 15) is 0 Å². The molecule has 6 rings (SSSR count). The van der Waals surface area contributed by atoms with Gasteiger partial charge in [0.1, 0.15) is 0 Å². The van der Waals surface area contributed by atoms with Gasteiger partial charge >= 0.3 is 209 Å². The van der Waals surface area contributed by atoms with Crippen LogP contribution in [-0.4, -0.2) is 41.0 Å². The summed E-state index contributed by atoms with van der Waals surface area (Å²) >= 11 is -1.58. The van der Waals surface area contributed by atoms with Crippen LogP contribution in [0.15, 0.2) is 43.7 Å². The summed E-state index contributed by atoms with van der Waals surface area (Å²) in [6.07, 6.45) is 9.32. The Labute approximate surface area is 207 Å². The van der Waals surface area contributed by atoms with Crippen molar-refractivity contribution in [2.45, 2.75) is 55.4 Å². The van der Waals surface area contributed by atoms with Crippen molar-refractivity contribution in [3.63, 3.8) is 0 Å². The third-order valence-electron chi connectivity index (χ3n) is 8.06. The van der Waals surface area contributed by atoms with Gasteiger partial charge in [-0.05, 0) is 0 Å². The van der Waals surface area contributed by atoms with E-state index in [-0.39, 0.29) is 0 Å². The van der Waals surface area contributed by atoms with Crippen molar-refractivity contribution in [1.82, 2.24) is 4.75 Å². The van der Waals surface area contributed by atoms with Crippen LogP contribution in [0.5, 0.6) is 0 Å². The number of allylic oxidation sites excluding steroid dienone is 4. The standard InChI is InChI=1S/C28H28N4.Pb/c1-13-14(2)22-10-24-17(5)18(6)26(31-24)12-28-20(8)19(7)27(32-28)11-25-16(4)15(3)23(30-25)9-21(13)29-22;/h9-12H,1-8H3;/q-2;+2. The SMILES string of the molecule is CC1=C(C)C2=NC1=Cc1c(C)c(C)c3[n]1[Pb][n]1c(c(C)c(C)c1=CC1=NC(=C3)C(C)=C1C)=C2. The van der Waals surface area contributed by atoms with Crippen LogP contribution in [-0.2, 0) is 0 Å². The first-order valence-corrected chi connectivity index (χ1v) is 15.0. The van der Waals surface area contributed by atoms with E-state index >= 15 is 0 Å². The van der Waals surface area contributed by atoms with Crippen molar-refractivity contribution in [2.24, 2.45) is 9.98 Å². The molecule has 4 aliphatic heterocycles. The summed E-state index contributed by atoms with van der Waals surface area (Å²) in [5.74, 6) is 0. The zero-order valence-corrected chi connectivity index (χ0v) is 24.5. The molecule has 2 aromatic rings. The van der Waals surface area contributed by atoms with Crippen molar-refractivity contribution < 1.29 is 0 Å². The Morgan fingerprint density at radius 2 is 0.939 bits per heavy atom. The average molecular weight is 628 g/mol. The van der Waals surface area contributed by atoms with Gasteiger partial charge in [-0.15, -0.1) is 0 Å². The van der Waals surface area contributed by atoms with Gasteiger partial charge in [0.25, 0.3) is 0 Å². The summed E-state index contributed by atoms with van der Waals surface area (Å²) in [5, 5.41) is 2.64. The van der Waals surface area contributed by atoms with Gasteiger partial charge in [0, 0.05) is 0 Å². The predicted molar refractivity (Wildman–Crippen MR) is 140 cm³/mol. The third kappa shape index (κ3) is 2.79. The molecule has 0 atom stereocenters. The molecule has 0 fully saturated rings. The monoisotopic (exact) mass is 628 g/mol. The summed E-state index contributed by atoms with van der Waals surface area (Å²) < 4.78 is 5.31. The van der Waals surface area contributed by atoms with Crippen molar-refractivity contribution in [2.75, 3.05) is 0 Å². The van der Waals surface area contributed by atoms with E-state index in [1.54, 1.807) is 0 Å². The summed E-state index contributed by atoms with van der Waals surface area (Å²) in [6.45, 7) is 17.9. The van der Waals surface area contributed by atoms with Crippen LogP contribution in [0.1, 0.15) is 61.3 Å². The van der Waals surface area contributed by atoms with Crippen LogP contribution in [0.4, 0.5) is 0 Å². The number of nitrogens with zero attached hydrogens (tertiary/aromatic N) is 4. The van der Waals surface area contributed by atoms with E-state index < -0.39 is 24.8 Å². The van der Waals surface area contributed by atoms with Gasteiger partial charge in [0.2, 0.25) is 0 Å². The maximum absolute atomic E-state index is 5.11. The fraction of sp³-hybridized carbons (Fsp3) is 0.286. The van der Waals surface area contributed by atoms with Crippen LogP contribution in [0, 0.1) is 27.7 Å². The molecule has 6 bridgehead atoms. The normalized spacial score (nSPS) is 18.5. The van der Waals surface area contributed by atoms with Gasteiger partial charge in [-0.3, -0.25) is 0 Å². The number of aromatic nitrogens is 2. The molecule has 2 radical (unpaired) electrons. The summed E-state index contributed by atoms with van der Waals surface area (Å²) in [7, 11) is 0. The number of aliphatic imine (C=N–C) groups is 2. The Morgan fingerprint density at radius 1 is 0.515 bits per heavy atom. The minimum atomic E-state index is -1.58. The van der Waals surface area contributed by atoms with E-state index in [1.807, 2.05) is 0 Å². The zero-order chi connectivity index (χ0) is 23.3. The molecule has 0 unspecified atom stereocenters. The molecule has 5 heteroatoms. The Kier molecular flexibility index (Phi) is 4.48. The molecule has 2 aromatic heterocycles. The maximum atomic E-state index is 5.11. The van der Waals surface area contributed by atoms with Crippen LogP contribution in [0.3, 0.4) is 0 Å². The van der Waals surface area contributed by atoms with E-state index in [0.717, 1.165) is 22.8 Å². The molecule has 0 saturated carbocycles. The van der Waals surface area contributed by atoms with Gasteiger partial charge in [-0.25, -0.2) is 0 Å². The Hall–Kier alpha value is -2.48. The predicted octanol–water partition coefficient (Wildman–Crippen LogP) is 4.31. The molecule has 33 heavy (non-hydrogen) atoms. The van der Waals surface area contributed by atoms with Gasteiger partial charge in [-0.2, -0.15) is 0 Å². The minimum absolute atomic E-state index is 1.10. The van der Waals surface area contributed by atoms with Crippen LogP contribution in [0.25, 0.3) is 24.3 Å². The van der Waals surface area contributed by atoms with Crippen LogP contribution < -0.4 is 10.7 Å². The quantitative estimate of drug-likeness (QED) is 0.391. The Balaban J connectivity index is 1.87. The van der Waals surface area contributed by atoms with E-state index in [0.29, 0.717) is 0 Å². The first-order chi connectivity index (χ1) is 15.7. The molecule has 0 saturated heterocycles. The number of rotatable bonds is 0. The second-order valence-electron chi connectivity index (χ2n) is 9.65. The van der Waals surface area contributed by atoms with Crippen LogP contribution >= 0.6 is 0 Å². The second-order valence-corrected chi connectivity index (χ2v) is 13.9. The number of fused-ring (bicyclic) bond motifs is 2. The van der Waals surface area contributed by atoms with Crippen LogP contribution in [0.2, 0.25) is 0 Å². The van der Waals surface area contributed by atoms with E-state index in [2.05, 4.69) is 84.4 Å². The number of hydrogen-bond donors (Lipinski definition) is 0. The molecule has 4 aliphatic rings. The van der Waals surface area contributed by atoms with Gasteiger partial charge in [-0.1, -0.05) is 0 Å². The molecule has 0 N–H and O–H groups in total. The first-order valence-electron chi connectivity index (χ1n) is 11.5. The topological polar surface area (TPSA) is 34.6 Å². The Morgan fingerprint density at radius 3 is 1.36 bits per heavy atom. The van der Waals surface area contributed by atoms with E-state index in [4.69, 9.17) is 9.98 Å². The molecular weight excluding hydrogens is 600 g/mol. The van der Waals surface area contributed by atoms with Crippen molar-refractivity contribution in [3.8, 4) is 0 Å². The number of hydrogen-bond acceptors (Lipinski definition) is 2. The van der Waals surface area contributed by atoms with Crippen molar-refractivity contribution >= 4 is 60.6 Å². The van der Waals surface area contributed by atoms with Gasteiger partial charge in [0.15, 0.2) is 0 Å². The fourth-order valence-electron chi connectivity index (χ4n) is 5.15. The molecule has 164 valence electrons. The first kappa shape index (κ1) is 21.1. The molecule has 0 spiro atoms. The molecule has 0 aliphatic carbocycles. The second kappa shape index (κ2) is 7.01. The summed E-state index contributed by atoms with van der Waals surface area (Å²) in [6, 6.07) is 0. The summed E-state index contributed by atoms with van der Waals surface area (Å²) in [4.78, 5) is 10.2. The van der Waals surface area contributed by atoms with Crippen molar-refractivity contribution in [1.29, 1.82) is 0 Å². The van der Waals surface area contributed by atoms with Gasteiger partial charge < -0.3 is 0 Å². The third-order valence-corrected chi connectivity index (χ3v) is 13.4.